The summed E-state index contributed by atoms with van der Waals surface area (Å²) in [4.78, 5) is 0. The molecule has 0 aliphatic rings. The molecule has 0 nitrogen and oxygen atoms in total. The number of halogens is 4. The Bertz CT molecular complexity index is 1270. The quantitative estimate of drug-likeness (QED) is 0.152. The number of benzene rings is 4. The first kappa shape index (κ1) is 25.3. The minimum atomic E-state index is -0.795. The van der Waals surface area contributed by atoms with Crippen LogP contribution in [0.4, 0.5) is 13.2 Å². The molecule has 0 unspecified atom stereocenters. The van der Waals surface area contributed by atoms with Crippen LogP contribution in [-0.4, -0.2) is 0 Å². The van der Waals surface area contributed by atoms with Gasteiger partial charge in [0.2, 0.25) is 0 Å². The summed E-state index contributed by atoms with van der Waals surface area (Å²) in [6.45, 7) is 2.22. The van der Waals surface area contributed by atoms with Gasteiger partial charge in [-0.25, -0.2) is 13.2 Å². The number of rotatable bonds is 10. The first-order valence-corrected chi connectivity index (χ1v) is 12.7. The molecule has 182 valence electrons. The van der Waals surface area contributed by atoms with E-state index in [0.717, 1.165) is 24.6 Å². The topological polar surface area (TPSA) is 0 Å². The van der Waals surface area contributed by atoms with Crippen LogP contribution in [0.5, 0.6) is 0 Å². The van der Waals surface area contributed by atoms with Gasteiger partial charge in [-0.15, -0.1) is 0 Å². The van der Waals surface area contributed by atoms with Gasteiger partial charge in [0.1, 0.15) is 22.5 Å². The summed E-state index contributed by atoms with van der Waals surface area (Å²) in [6.07, 6.45) is 7.39. The predicted molar refractivity (Wildman–Crippen MR) is 140 cm³/mol. The second-order valence-electron chi connectivity index (χ2n) is 9.24. The van der Waals surface area contributed by atoms with Crippen molar-refractivity contribution >= 4 is 22.4 Å². The van der Waals surface area contributed by atoms with E-state index in [1.165, 1.54) is 48.1 Å². The van der Waals surface area contributed by atoms with E-state index in [1.54, 1.807) is 6.07 Å². The highest BCUT2D eigenvalue weighted by Crippen LogP contribution is 2.26. The molecular formula is C31H30ClF3. The molecule has 0 bridgehead atoms. The van der Waals surface area contributed by atoms with Gasteiger partial charge in [0.15, 0.2) is 0 Å². The van der Waals surface area contributed by atoms with Crippen molar-refractivity contribution in [2.75, 3.05) is 0 Å². The normalized spacial score (nSPS) is 11.3. The third kappa shape index (κ3) is 6.46. The SMILES string of the molecule is CCCCCc1ccc(CCc2ccc3c(F)c(CCc4cc(F)c(Cl)c(F)c4)ccc3c2)cc1. The monoisotopic (exact) mass is 494 g/mol. The molecule has 0 heterocycles. The molecule has 0 radical (unpaired) electrons. The molecule has 0 saturated heterocycles. The first-order chi connectivity index (χ1) is 16.9. The first-order valence-electron chi connectivity index (χ1n) is 12.4. The van der Waals surface area contributed by atoms with Crippen molar-refractivity contribution < 1.29 is 13.2 Å². The lowest BCUT2D eigenvalue weighted by atomic mass is 9.97. The maximum Gasteiger partial charge on any atom is 0.145 e. The molecule has 0 atom stereocenters. The third-order valence-electron chi connectivity index (χ3n) is 6.62. The van der Waals surface area contributed by atoms with Gasteiger partial charge in [0, 0.05) is 5.39 Å². The molecule has 0 spiro atoms. The van der Waals surface area contributed by atoms with Crippen LogP contribution in [0.3, 0.4) is 0 Å². The summed E-state index contributed by atoms with van der Waals surface area (Å²) in [7, 11) is 0. The van der Waals surface area contributed by atoms with Gasteiger partial charge in [0.05, 0.1) is 0 Å². The minimum Gasteiger partial charge on any atom is -0.206 e. The Balaban J connectivity index is 1.39. The lowest BCUT2D eigenvalue weighted by Crippen LogP contribution is -1.98. The molecule has 0 fully saturated rings. The molecule has 0 aromatic heterocycles. The van der Waals surface area contributed by atoms with Gasteiger partial charge in [-0.2, -0.15) is 0 Å². The van der Waals surface area contributed by atoms with Gasteiger partial charge in [0.25, 0.3) is 0 Å². The van der Waals surface area contributed by atoms with E-state index < -0.39 is 16.7 Å². The molecule has 0 aliphatic carbocycles. The molecule has 4 rings (SSSR count). The maximum absolute atomic E-state index is 15.2. The van der Waals surface area contributed by atoms with E-state index in [0.29, 0.717) is 29.4 Å². The fourth-order valence-corrected chi connectivity index (χ4v) is 4.62. The molecule has 0 saturated carbocycles. The smallest absolute Gasteiger partial charge is 0.145 e. The molecule has 4 aromatic rings. The van der Waals surface area contributed by atoms with Crippen LogP contribution in [0.15, 0.2) is 66.7 Å². The Morgan fingerprint density at radius 1 is 0.600 bits per heavy atom. The maximum atomic E-state index is 15.2. The summed E-state index contributed by atoms with van der Waals surface area (Å²) in [5, 5.41) is 0.913. The number of aryl methyl sites for hydroxylation is 5. The highest BCUT2D eigenvalue weighted by Gasteiger charge is 2.12. The number of unbranched alkanes of at least 4 members (excludes halogenated alkanes) is 2. The molecule has 0 amide bonds. The van der Waals surface area contributed by atoms with E-state index in [9.17, 15) is 8.78 Å². The summed E-state index contributed by atoms with van der Waals surface area (Å²) in [5.41, 5.74) is 4.85. The number of hydrogen-bond donors (Lipinski definition) is 0. The molecule has 0 aliphatic heterocycles. The number of hydrogen-bond acceptors (Lipinski definition) is 0. The van der Waals surface area contributed by atoms with Crippen molar-refractivity contribution in [2.24, 2.45) is 0 Å². The van der Waals surface area contributed by atoms with Crippen LogP contribution in [0.1, 0.15) is 54.0 Å². The average Bonchev–Trinajstić information content (AvgIpc) is 2.86. The Morgan fingerprint density at radius 3 is 1.89 bits per heavy atom. The minimum absolute atomic E-state index is 0.275. The molecular weight excluding hydrogens is 465 g/mol. The fourth-order valence-electron chi connectivity index (χ4n) is 4.51. The van der Waals surface area contributed by atoms with Gasteiger partial charge >= 0.3 is 0 Å². The van der Waals surface area contributed by atoms with Crippen molar-refractivity contribution in [3.8, 4) is 0 Å². The van der Waals surface area contributed by atoms with E-state index >= 15 is 4.39 Å². The van der Waals surface area contributed by atoms with E-state index in [4.69, 9.17) is 11.6 Å². The van der Waals surface area contributed by atoms with Crippen LogP contribution in [0.25, 0.3) is 10.8 Å². The molecule has 4 aromatic carbocycles. The largest absolute Gasteiger partial charge is 0.206 e. The second kappa shape index (κ2) is 11.8. The zero-order valence-corrected chi connectivity index (χ0v) is 20.8. The van der Waals surface area contributed by atoms with Crippen molar-refractivity contribution in [2.45, 2.75) is 58.3 Å². The van der Waals surface area contributed by atoms with Crippen LogP contribution in [0.2, 0.25) is 5.02 Å². The second-order valence-corrected chi connectivity index (χ2v) is 9.62. The van der Waals surface area contributed by atoms with E-state index in [-0.39, 0.29) is 5.82 Å². The van der Waals surface area contributed by atoms with Crippen LogP contribution >= 0.6 is 11.6 Å². The molecule has 35 heavy (non-hydrogen) atoms. The summed E-state index contributed by atoms with van der Waals surface area (Å²) in [6, 6.07) is 20.9. The highest BCUT2D eigenvalue weighted by molar-refractivity contribution is 6.30. The lowest BCUT2D eigenvalue weighted by Gasteiger charge is -2.10. The highest BCUT2D eigenvalue weighted by atomic mass is 35.5. The fraction of sp³-hybridized carbons (Fsp3) is 0.290. The Hall–Kier alpha value is -2.78. The average molecular weight is 495 g/mol. The van der Waals surface area contributed by atoms with Crippen LogP contribution in [-0.2, 0) is 32.1 Å². The van der Waals surface area contributed by atoms with Crippen molar-refractivity contribution in [1.29, 1.82) is 0 Å². The Kier molecular flexibility index (Phi) is 8.51. The van der Waals surface area contributed by atoms with Gasteiger partial charge in [-0.3, -0.25) is 0 Å². The molecule has 0 N–H and O–H groups in total. The van der Waals surface area contributed by atoms with Gasteiger partial charge in [-0.1, -0.05) is 86.0 Å². The Morgan fingerprint density at radius 2 is 1.20 bits per heavy atom. The molecule has 4 heteroatoms. The van der Waals surface area contributed by atoms with Crippen LogP contribution < -0.4 is 0 Å². The zero-order valence-electron chi connectivity index (χ0n) is 20.0. The van der Waals surface area contributed by atoms with E-state index in [1.807, 2.05) is 24.3 Å². The Labute approximate surface area is 210 Å². The standard InChI is InChI=1S/C31H30ClF3/c1-2-3-4-5-21-6-8-22(9-7-21)10-11-23-13-17-27-26(18-23)16-15-25(31(27)35)14-12-24-19-28(33)30(32)29(34)20-24/h6-9,13,15-20H,2-5,10-12,14H2,1H3. The zero-order chi connectivity index (χ0) is 24.8. The van der Waals surface area contributed by atoms with Gasteiger partial charge < -0.3 is 0 Å². The lowest BCUT2D eigenvalue weighted by molar-refractivity contribution is 0.579. The van der Waals surface area contributed by atoms with Crippen molar-refractivity contribution in [3.63, 3.8) is 0 Å². The third-order valence-corrected chi connectivity index (χ3v) is 6.98. The van der Waals surface area contributed by atoms with Crippen molar-refractivity contribution in [1.82, 2.24) is 0 Å². The predicted octanol–water partition coefficient (Wildman–Crippen LogP) is 9.21. The summed E-state index contributed by atoms with van der Waals surface area (Å²) < 4.78 is 42.5. The number of fused-ring (bicyclic) bond motifs is 1. The van der Waals surface area contributed by atoms with Crippen molar-refractivity contribution in [3.05, 3.63) is 117 Å². The summed E-state index contributed by atoms with van der Waals surface area (Å²) >= 11 is 5.54. The van der Waals surface area contributed by atoms with E-state index in [2.05, 4.69) is 31.2 Å². The van der Waals surface area contributed by atoms with Gasteiger partial charge in [-0.05, 0) is 83.9 Å². The summed E-state index contributed by atoms with van der Waals surface area (Å²) in [5.74, 6) is -1.87. The van der Waals surface area contributed by atoms with Crippen LogP contribution in [0, 0.1) is 17.5 Å².